The summed E-state index contributed by atoms with van der Waals surface area (Å²) in [6.07, 6.45) is 0. The van der Waals surface area contributed by atoms with Crippen molar-refractivity contribution < 1.29 is 19.7 Å². The second-order valence-electron chi connectivity index (χ2n) is 28.5. The van der Waals surface area contributed by atoms with E-state index in [1.165, 1.54) is 0 Å². The maximum absolute atomic E-state index is 11.1. The Morgan fingerprint density at radius 3 is 0.734 bits per heavy atom. The fourth-order valence-electron chi connectivity index (χ4n) is 18.2. The Morgan fingerprint density at radius 2 is 0.459 bits per heavy atom. The quantitative estimate of drug-likeness (QED) is 0.101. The van der Waals surface area contributed by atoms with Gasteiger partial charge in [-0.1, -0.05) is 218 Å². The maximum Gasteiger partial charge on any atom is 0.135 e. The first kappa shape index (κ1) is 63.7. The molecule has 1 aliphatic carbocycles. The van der Waals surface area contributed by atoms with Gasteiger partial charge in [0.15, 0.2) is 0 Å². The lowest BCUT2D eigenvalue weighted by Crippen LogP contribution is -2.29. The van der Waals surface area contributed by atoms with Crippen molar-refractivity contribution in [2.45, 2.75) is 5.41 Å². The third kappa shape index (κ3) is 9.92. The van der Waals surface area contributed by atoms with Crippen molar-refractivity contribution in [2.24, 2.45) is 0 Å². The maximum atomic E-state index is 11.1. The highest BCUT2D eigenvalue weighted by molar-refractivity contribution is 6.15. The highest BCUT2D eigenvalue weighted by Crippen LogP contribution is 2.60. The molecule has 0 radical (unpaired) electrons. The topological polar surface area (TPSA) is 78.6 Å². The van der Waals surface area contributed by atoms with Crippen LogP contribution in [0.1, 0.15) is 22.3 Å². The number of aromatic nitrogens is 4. The molecule has 0 saturated heterocycles. The van der Waals surface area contributed by atoms with Crippen LogP contribution in [0, 0.1) is 0 Å². The van der Waals surface area contributed by atoms with Crippen LogP contribution in [0.4, 0.5) is 0 Å². The number of rotatable bonds is 16. The van der Waals surface area contributed by atoms with Gasteiger partial charge in [-0.3, -0.25) is 0 Å². The van der Waals surface area contributed by atoms with Crippen LogP contribution in [-0.2, 0) is 5.41 Å². The molecule has 109 heavy (non-hydrogen) atoms. The molecular weight excluding hydrogens is 1330 g/mol. The predicted octanol–water partition coefficient (Wildman–Crippen LogP) is 23.8. The molecule has 4 aromatic heterocycles. The third-order valence-electron chi connectivity index (χ3n) is 22.7. The number of hydrogen-bond acceptors (Lipinski definition) is 4. The number of ether oxygens (including phenoxy) is 2. The van der Waals surface area contributed by atoms with Crippen LogP contribution in [0.5, 0.6) is 11.5 Å². The molecule has 2 N–H and O–H groups in total. The van der Waals surface area contributed by atoms with Crippen molar-refractivity contribution in [3.05, 3.63) is 386 Å². The smallest absolute Gasteiger partial charge is 0.135 e. The molecule has 0 amide bonds. The number of para-hydroxylation sites is 8. The lowest BCUT2D eigenvalue weighted by atomic mass is 9.66. The molecule has 0 bridgehead atoms. The molecule has 8 nitrogen and oxygen atoms in total. The standard InChI is InChI=1S/C101H70N4O4/c106-53-55-108-99-81(65-45-49-95-85(57-65)77-35-15-21-41-91(77)102(95)71-25-5-1-6-26-71)61-69(62-82(99)66-46-50-96-86(58-66)78-36-16-22-42-92(78)103(96)72-27-7-2-8-28-72)101(89-39-19-13-33-75(89)76-34-14-20-40-90(76)101)70-63-83(67-47-51-97-87(59-67)79-37-17-23-43-93(79)104(97)73-29-9-3-10-30-73)100(109-56-54-107)84(64-70)68-48-52-98-88(60-68)80-38-18-24-44-94(80)105(98)74-31-11-4-12-32-74/h1-52,57-64,106-107H,53-56H2. The second kappa shape index (κ2) is 25.8. The summed E-state index contributed by atoms with van der Waals surface area (Å²) in [5.74, 6) is 1.31. The summed E-state index contributed by atoms with van der Waals surface area (Å²) in [5.41, 5.74) is 25.7. The van der Waals surface area contributed by atoms with Gasteiger partial charge in [0, 0.05) is 88.1 Å². The van der Waals surface area contributed by atoms with Crippen LogP contribution in [-0.4, -0.2) is 54.9 Å². The van der Waals surface area contributed by atoms with E-state index in [4.69, 9.17) is 9.47 Å². The van der Waals surface area contributed by atoms with Gasteiger partial charge in [0.1, 0.15) is 24.7 Å². The van der Waals surface area contributed by atoms with E-state index in [0.717, 1.165) is 188 Å². The molecule has 0 spiro atoms. The number of aliphatic hydroxyl groups excluding tert-OH is 2. The van der Waals surface area contributed by atoms with Gasteiger partial charge in [0.05, 0.1) is 62.8 Å². The minimum atomic E-state index is -1.09. The summed E-state index contributed by atoms with van der Waals surface area (Å²) < 4.78 is 24.0. The fourth-order valence-corrected chi connectivity index (χ4v) is 18.2. The molecule has 4 heterocycles. The SMILES string of the molecule is OCCOc1c(-c2ccc3c(c2)c2ccccc2n3-c2ccccc2)cc(C2(c3cc(-c4ccc5c(c4)c4ccccc4n5-c4ccccc4)c(OCCO)c(-c4ccc5c(c4)c4ccccc4n5-c4ccccc4)c3)c3ccccc3-c3ccccc32)cc1-c1ccc2c(c1)c1ccccc1n2-c1ccccc1. The Hall–Kier alpha value is -13.8. The average molecular weight is 1400 g/mol. The van der Waals surface area contributed by atoms with Crippen LogP contribution >= 0.6 is 0 Å². The Bertz CT molecular complexity index is 6230. The van der Waals surface area contributed by atoms with E-state index in [9.17, 15) is 10.2 Å². The number of benzene rings is 16. The predicted molar refractivity (Wildman–Crippen MR) is 448 cm³/mol. The molecule has 0 atom stereocenters. The van der Waals surface area contributed by atoms with E-state index < -0.39 is 5.41 Å². The monoisotopic (exact) mass is 1400 g/mol. The van der Waals surface area contributed by atoms with Crippen LogP contribution in [0.2, 0.25) is 0 Å². The van der Waals surface area contributed by atoms with Gasteiger partial charge in [-0.2, -0.15) is 0 Å². The summed E-state index contributed by atoms with van der Waals surface area (Å²) in [6.45, 7) is -0.310. The zero-order valence-corrected chi connectivity index (χ0v) is 59.5. The first-order valence-electron chi connectivity index (χ1n) is 37.4. The second-order valence-corrected chi connectivity index (χ2v) is 28.5. The number of hydrogen-bond donors (Lipinski definition) is 2. The van der Waals surface area contributed by atoms with Crippen molar-refractivity contribution in [2.75, 3.05) is 26.4 Å². The van der Waals surface area contributed by atoms with E-state index in [1.54, 1.807) is 0 Å². The zero-order valence-electron chi connectivity index (χ0n) is 59.5. The van der Waals surface area contributed by atoms with Crippen LogP contribution in [0.25, 0.3) is 166 Å². The van der Waals surface area contributed by atoms with E-state index in [0.29, 0.717) is 11.5 Å². The van der Waals surface area contributed by atoms with E-state index in [1.807, 2.05) is 0 Å². The van der Waals surface area contributed by atoms with Crippen molar-refractivity contribution in [1.29, 1.82) is 0 Å². The van der Waals surface area contributed by atoms with Crippen LogP contribution < -0.4 is 9.47 Å². The summed E-state index contributed by atoms with van der Waals surface area (Å²) in [4.78, 5) is 0. The molecule has 1 aliphatic rings. The van der Waals surface area contributed by atoms with Gasteiger partial charge in [0.2, 0.25) is 0 Å². The molecule has 8 heteroatoms. The first-order valence-corrected chi connectivity index (χ1v) is 37.4. The molecule has 16 aromatic carbocycles. The van der Waals surface area contributed by atoms with Gasteiger partial charge in [-0.05, 0) is 201 Å². The molecule has 20 aromatic rings. The van der Waals surface area contributed by atoms with Crippen LogP contribution in [0.3, 0.4) is 0 Å². The van der Waals surface area contributed by atoms with Crippen molar-refractivity contribution >= 4 is 87.2 Å². The average Bonchev–Trinajstić information content (AvgIpc) is 1.55. The molecule has 0 unspecified atom stereocenters. The Labute approximate surface area is 629 Å². The van der Waals surface area contributed by atoms with Crippen molar-refractivity contribution in [1.82, 2.24) is 18.3 Å². The van der Waals surface area contributed by atoms with E-state index in [-0.39, 0.29) is 26.4 Å². The Balaban J connectivity index is 0.905. The van der Waals surface area contributed by atoms with E-state index in [2.05, 4.69) is 382 Å². The summed E-state index contributed by atoms with van der Waals surface area (Å²) >= 11 is 0. The van der Waals surface area contributed by atoms with Gasteiger partial charge in [-0.15, -0.1) is 0 Å². The van der Waals surface area contributed by atoms with Gasteiger partial charge < -0.3 is 38.0 Å². The first-order chi connectivity index (χ1) is 54.0. The van der Waals surface area contributed by atoms with Crippen molar-refractivity contribution in [3.63, 3.8) is 0 Å². The number of nitrogens with zero attached hydrogens (tertiary/aromatic N) is 4. The van der Waals surface area contributed by atoms with Gasteiger partial charge in [0.25, 0.3) is 0 Å². The van der Waals surface area contributed by atoms with Crippen LogP contribution in [0.15, 0.2) is 364 Å². The lowest BCUT2D eigenvalue weighted by molar-refractivity contribution is 0.202. The molecule has 0 fully saturated rings. The zero-order chi connectivity index (χ0) is 72.3. The van der Waals surface area contributed by atoms with E-state index >= 15 is 0 Å². The molecule has 21 rings (SSSR count). The lowest BCUT2D eigenvalue weighted by Gasteiger charge is -2.36. The molecule has 0 aliphatic heterocycles. The molecular formula is C101H70N4O4. The minimum absolute atomic E-state index is 0.0476. The van der Waals surface area contributed by atoms with Crippen molar-refractivity contribution in [3.8, 4) is 89.9 Å². The minimum Gasteiger partial charge on any atom is -0.490 e. The summed E-state index contributed by atoms with van der Waals surface area (Å²) in [7, 11) is 0. The molecule has 0 saturated carbocycles. The summed E-state index contributed by atoms with van der Waals surface area (Å²) in [5, 5.41) is 31.1. The van der Waals surface area contributed by atoms with Gasteiger partial charge >= 0.3 is 0 Å². The normalized spacial score (nSPS) is 12.5. The highest BCUT2D eigenvalue weighted by atomic mass is 16.5. The number of fused-ring (bicyclic) bond motifs is 15. The van der Waals surface area contributed by atoms with Gasteiger partial charge in [-0.25, -0.2) is 0 Å². The highest BCUT2D eigenvalue weighted by Gasteiger charge is 2.48. The third-order valence-corrected chi connectivity index (χ3v) is 22.7. The largest absolute Gasteiger partial charge is 0.490 e. The Morgan fingerprint density at radius 1 is 0.220 bits per heavy atom. The fraction of sp³-hybridized carbons (Fsp3) is 0.0495. The Kier molecular flexibility index (Phi) is 15.1. The number of aliphatic hydroxyl groups is 2. The summed E-state index contributed by atoms with van der Waals surface area (Å²) in [6, 6.07) is 132. The molecule has 518 valence electrons.